The zero-order valence-electron chi connectivity index (χ0n) is 26.4. The van der Waals surface area contributed by atoms with E-state index in [-0.39, 0.29) is 16.8 Å². The molecule has 46 heavy (non-hydrogen) atoms. The summed E-state index contributed by atoms with van der Waals surface area (Å²) in [5.74, 6) is 0.114. The van der Waals surface area contributed by atoms with Gasteiger partial charge in [0.2, 0.25) is 0 Å². The minimum absolute atomic E-state index is 0.0404. The molecule has 2 aliphatic heterocycles. The van der Waals surface area contributed by atoms with E-state index >= 15 is 0 Å². The maximum Gasteiger partial charge on any atom is 0.417 e. The average molecular weight is 658 g/mol. The minimum Gasteiger partial charge on any atom is -0.492 e. The average Bonchev–Trinajstić information content (AvgIpc) is 3.81. The molecule has 0 atom stereocenters. The summed E-state index contributed by atoms with van der Waals surface area (Å²) in [6.07, 6.45) is -2.43. The van der Waals surface area contributed by atoms with Crippen LogP contribution in [0.25, 0.3) is 0 Å². The van der Waals surface area contributed by atoms with Crippen molar-refractivity contribution in [2.45, 2.75) is 64.2 Å². The third kappa shape index (κ3) is 6.18. The molecule has 2 heterocycles. The number of hydrogen-bond acceptors (Lipinski definition) is 8. The zero-order valence-corrected chi connectivity index (χ0v) is 27.3. The van der Waals surface area contributed by atoms with Crippen LogP contribution in [0, 0.1) is 11.3 Å². The lowest BCUT2D eigenvalue weighted by Crippen LogP contribution is -2.55. The van der Waals surface area contributed by atoms with Crippen molar-refractivity contribution in [2.75, 3.05) is 55.7 Å². The smallest absolute Gasteiger partial charge is 0.417 e. The number of carbonyl (C=O) groups excluding carboxylic acids is 2. The van der Waals surface area contributed by atoms with Crippen LogP contribution >= 0.6 is 12.2 Å². The van der Waals surface area contributed by atoms with Crippen molar-refractivity contribution in [1.29, 1.82) is 5.26 Å². The zero-order chi connectivity index (χ0) is 33.4. The normalized spacial score (nSPS) is 19.7. The summed E-state index contributed by atoms with van der Waals surface area (Å²) in [5.41, 5.74) is -1.82. The van der Waals surface area contributed by atoms with E-state index in [4.69, 9.17) is 21.7 Å². The van der Waals surface area contributed by atoms with Gasteiger partial charge in [0.25, 0.3) is 5.91 Å². The van der Waals surface area contributed by atoms with Crippen LogP contribution in [0.1, 0.15) is 57.2 Å². The molecule has 0 unspecified atom stereocenters. The van der Waals surface area contributed by atoms with Gasteiger partial charge in [-0.05, 0) is 94.2 Å². The van der Waals surface area contributed by atoms with Crippen LogP contribution in [0.3, 0.4) is 0 Å². The molecule has 3 fully saturated rings. The molecule has 13 heteroatoms. The summed E-state index contributed by atoms with van der Waals surface area (Å²) in [4.78, 5) is 33.3. The Morgan fingerprint density at radius 2 is 1.72 bits per heavy atom. The Labute approximate surface area is 272 Å². The van der Waals surface area contributed by atoms with Crippen LogP contribution < -0.4 is 14.5 Å². The van der Waals surface area contributed by atoms with E-state index in [1.165, 1.54) is 6.07 Å². The fourth-order valence-corrected chi connectivity index (χ4v) is 6.82. The molecule has 3 aliphatic rings. The van der Waals surface area contributed by atoms with Gasteiger partial charge in [0.15, 0.2) is 5.11 Å². The number of hydrogen-bond donors (Lipinski definition) is 0. The van der Waals surface area contributed by atoms with Crippen LogP contribution in [0.4, 0.5) is 24.5 Å². The molecule has 1 aliphatic carbocycles. The molecule has 2 saturated heterocycles. The highest BCUT2D eigenvalue weighted by molar-refractivity contribution is 7.81. The van der Waals surface area contributed by atoms with Gasteiger partial charge in [0, 0.05) is 38.4 Å². The Morgan fingerprint density at radius 3 is 2.30 bits per heavy atom. The van der Waals surface area contributed by atoms with Crippen LogP contribution in [-0.2, 0) is 26.9 Å². The van der Waals surface area contributed by atoms with Crippen molar-refractivity contribution < 1.29 is 32.2 Å². The van der Waals surface area contributed by atoms with Crippen LogP contribution in [0.5, 0.6) is 5.75 Å². The number of rotatable bonds is 10. The summed E-state index contributed by atoms with van der Waals surface area (Å²) in [5, 5.41) is 9.23. The Kier molecular flexibility index (Phi) is 9.37. The molecule has 1 amide bonds. The fourth-order valence-electron chi connectivity index (χ4n) is 6.30. The number of ether oxygens (including phenoxy) is 2. The number of piperazine rings is 1. The highest BCUT2D eigenvalue weighted by Gasteiger charge is 2.56. The molecule has 9 nitrogen and oxygen atoms in total. The second-order valence-electron chi connectivity index (χ2n) is 12.2. The minimum atomic E-state index is -4.77. The number of halogens is 3. The van der Waals surface area contributed by atoms with Gasteiger partial charge in [0.05, 0.1) is 29.5 Å². The van der Waals surface area contributed by atoms with E-state index in [0.717, 1.165) is 68.2 Å². The highest BCUT2D eigenvalue weighted by Crippen LogP contribution is 2.44. The molecule has 1 saturated carbocycles. The van der Waals surface area contributed by atoms with Gasteiger partial charge in [-0.1, -0.05) is 6.92 Å². The fraction of sp³-hybridized carbons (Fsp3) is 0.515. The maximum atomic E-state index is 13.7. The Hall–Kier alpha value is -3.73. The van der Waals surface area contributed by atoms with Gasteiger partial charge < -0.3 is 14.4 Å². The second-order valence-corrected chi connectivity index (χ2v) is 12.6. The number of nitriles is 1. The molecular formula is C33H38F3N5O4S. The van der Waals surface area contributed by atoms with E-state index in [0.29, 0.717) is 31.1 Å². The van der Waals surface area contributed by atoms with Crippen LogP contribution in [-0.4, -0.2) is 83.8 Å². The van der Waals surface area contributed by atoms with Gasteiger partial charge in [0.1, 0.15) is 23.4 Å². The predicted molar refractivity (Wildman–Crippen MR) is 171 cm³/mol. The molecule has 0 aromatic heterocycles. The Morgan fingerprint density at radius 1 is 1.04 bits per heavy atom. The Bertz CT molecular complexity index is 1560. The van der Waals surface area contributed by atoms with Gasteiger partial charge in [-0.2, -0.15) is 18.4 Å². The lowest BCUT2D eigenvalue weighted by atomic mass is 10.0. The summed E-state index contributed by atoms with van der Waals surface area (Å²) in [6.45, 7) is 12.0. The van der Waals surface area contributed by atoms with E-state index in [9.17, 15) is 28.0 Å². The van der Waals surface area contributed by atoms with Crippen molar-refractivity contribution in [1.82, 2.24) is 9.80 Å². The van der Waals surface area contributed by atoms with Gasteiger partial charge in [-0.25, -0.2) is 0 Å². The van der Waals surface area contributed by atoms with Gasteiger partial charge in [-0.3, -0.25) is 24.3 Å². The van der Waals surface area contributed by atoms with Gasteiger partial charge >= 0.3 is 12.1 Å². The summed E-state index contributed by atoms with van der Waals surface area (Å²) in [6, 6.07) is 10.2. The highest BCUT2D eigenvalue weighted by atomic mass is 32.1. The van der Waals surface area contributed by atoms with Crippen molar-refractivity contribution in [2.24, 2.45) is 0 Å². The number of carbonyl (C=O) groups is 2. The first-order valence-corrected chi connectivity index (χ1v) is 15.9. The number of anilines is 2. The third-order valence-corrected chi connectivity index (χ3v) is 9.43. The molecule has 0 N–H and O–H groups in total. The standard InChI is InChI=1S/C33H38F3N5O4S/c1-5-22-19-25(9-10-27(22)45-18-17-38-13-15-39(16-14-38)32(11-12-32)29(43)44-6-2)41-30(46)40(28(42)31(41,3)4)24-8-7-23(21-37)26(20-24)33(34,35)36/h7-10,19-20H,5-6,11-18H2,1-4H3. The maximum absolute atomic E-state index is 13.7. The molecule has 5 rings (SSSR count). The first-order chi connectivity index (χ1) is 21.8. The quantitative estimate of drug-likeness (QED) is 0.254. The SMILES string of the molecule is CCOC(=O)C1(N2CCN(CCOc3ccc(N4C(=S)N(c5ccc(C#N)c(C(F)(F)F)c5)C(=O)C4(C)C)cc3CC)CC2)CC1. The van der Waals surface area contributed by atoms with Crippen molar-refractivity contribution >= 4 is 40.6 Å². The number of thiocarbonyl (C=S) groups is 1. The monoisotopic (exact) mass is 657 g/mol. The molecule has 0 radical (unpaired) electrons. The summed E-state index contributed by atoms with van der Waals surface area (Å²) in [7, 11) is 0. The first kappa shape index (κ1) is 33.6. The summed E-state index contributed by atoms with van der Waals surface area (Å²) < 4.78 is 52.6. The summed E-state index contributed by atoms with van der Waals surface area (Å²) >= 11 is 5.69. The molecule has 2 aromatic rings. The number of esters is 1. The largest absolute Gasteiger partial charge is 0.492 e. The number of amides is 1. The van der Waals surface area contributed by atoms with Crippen molar-refractivity contribution in [3.05, 3.63) is 53.1 Å². The first-order valence-electron chi connectivity index (χ1n) is 15.5. The lowest BCUT2D eigenvalue weighted by molar-refractivity contribution is -0.152. The molecule has 246 valence electrons. The van der Waals surface area contributed by atoms with E-state index in [1.54, 1.807) is 30.9 Å². The molecular weight excluding hydrogens is 619 g/mol. The molecule has 2 aromatic carbocycles. The van der Waals surface area contributed by atoms with Crippen LogP contribution in [0.15, 0.2) is 36.4 Å². The third-order valence-electron chi connectivity index (χ3n) is 9.06. The number of nitrogens with zero attached hydrogens (tertiary/aromatic N) is 5. The van der Waals surface area contributed by atoms with E-state index in [2.05, 4.69) is 9.80 Å². The number of benzene rings is 2. The van der Waals surface area contributed by atoms with E-state index < -0.39 is 34.3 Å². The Balaban J connectivity index is 1.25. The number of aryl methyl sites for hydroxylation is 1. The topological polar surface area (TPSA) is 89.3 Å². The predicted octanol–water partition coefficient (Wildman–Crippen LogP) is 5.15. The molecule has 0 spiro atoms. The van der Waals surface area contributed by atoms with E-state index in [1.807, 2.05) is 26.0 Å². The number of alkyl halides is 3. The van der Waals surface area contributed by atoms with Crippen molar-refractivity contribution in [3.63, 3.8) is 0 Å². The van der Waals surface area contributed by atoms with Crippen molar-refractivity contribution in [3.8, 4) is 11.8 Å². The molecule has 0 bridgehead atoms. The second kappa shape index (κ2) is 12.8. The lowest BCUT2D eigenvalue weighted by Gasteiger charge is -2.38. The van der Waals surface area contributed by atoms with Crippen LogP contribution in [0.2, 0.25) is 0 Å². The van der Waals surface area contributed by atoms with Gasteiger partial charge in [-0.15, -0.1) is 0 Å².